The molecule has 1 aliphatic heterocycles. The molecule has 1 amide bonds. The normalized spacial score (nSPS) is 13.7. The second-order valence-corrected chi connectivity index (χ2v) is 9.16. The fraction of sp³-hybridized carbons (Fsp3) is 0.346. The highest BCUT2D eigenvalue weighted by molar-refractivity contribution is 6.31. The van der Waals surface area contributed by atoms with Crippen LogP contribution >= 0.6 is 11.6 Å². The van der Waals surface area contributed by atoms with Crippen LogP contribution in [0.15, 0.2) is 59.4 Å². The average molecular weight is 465 g/mol. The van der Waals surface area contributed by atoms with Gasteiger partial charge in [0.25, 0.3) is 5.56 Å². The minimum absolute atomic E-state index is 0.0175. The Morgan fingerprint density at radius 1 is 1.12 bits per heavy atom. The first-order chi connectivity index (χ1) is 15.9. The first kappa shape index (κ1) is 23.2. The molecule has 0 unspecified atom stereocenters. The van der Waals surface area contributed by atoms with Crippen molar-refractivity contribution in [3.63, 3.8) is 0 Å². The maximum Gasteiger partial charge on any atom is 0.257 e. The second kappa shape index (κ2) is 10.3. The summed E-state index contributed by atoms with van der Waals surface area (Å²) in [5, 5.41) is 3.48. The van der Waals surface area contributed by atoms with E-state index in [-0.39, 0.29) is 23.9 Å². The zero-order chi connectivity index (χ0) is 23.4. The molecule has 7 heteroatoms. The smallest absolute Gasteiger partial charge is 0.257 e. The highest BCUT2D eigenvalue weighted by Gasteiger charge is 2.25. The lowest BCUT2D eigenvalue weighted by Gasteiger charge is -2.29. The summed E-state index contributed by atoms with van der Waals surface area (Å²) in [5.41, 5.74) is 3.54. The molecule has 1 N–H and O–H groups in total. The van der Waals surface area contributed by atoms with Crippen molar-refractivity contribution in [3.8, 4) is 0 Å². The van der Waals surface area contributed by atoms with Crippen LogP contribution in [0.4, 0.5) is 0 Å². The molecule has 0 saturated heterocycles. The van der Waals surface area contributed by atoms with Gasteiger partial charge in [0.2, 0.25) is 5.91 Å². The molecule has 6 nitrogen and oxygen atoms in total. The largest absolute Gasteiger partial charge is 0.350 e. The van der Waals surface area contributed by atoms with Gasteiger partial charge >= 0.3 is 0 Å². The molecule has 3 aromatic rings. The maximum atomic E-state index is 13.4. The molecule has 0 bridgehead atoms. The molecule has 0 radical (unpaired) electrons. The second-order valence-electron chi connectivity index (χ2n) is 8.76. The van der Waals surface area contributed by atoms with Gasteiger partial charge in [0.05, 0.1) is 5.69 Å². The number of hydrogen-bond acceptors (Lipinski definition) is 4. The van der Waals surface area contributed by atoms with Gasteiger partial charge in [-0.15, -0.1) is 0 Å². The Kier molecular flexibility index (Phi) is 7.26. The Morgan fingerprint density at radius 3 is 2.58 bits per heavy atom. The zero-order valence-electron chi connectivity index (χ0n) is 19.1. The number of aromatic nitrogens is 2. The minimum atomic E-state index is -0.234. The number of nitrogens with one attached hydrogen (secondary N) is 1. The zero-order valence-corrected chi connectivity index (χ0v) is 19.8. The van der Waals surface area contributed by atoms with Gasteiger partial charge in [0.15, 0.2) is 0 Å². The van der Waals surface area contributed by atoms with E-state index in [4.69, 9.17) is 16.6 Å². The van der Waals surface area contributed by atoms with E-state index >= 15 is 0 Å². The van der Waals surface area contributed by atoms with Crippen molar-refractivity contribution in [1.82, 2.24) is 19.8 Å². The molecule has 0 fully saturated rings. The third kappa shape index (κ3) is 5.52. The third-order valence-electron chi connectivity index (χ3n) is 5.93. The predicted octanol–water partition coefficient (Wildman–Crippen LogP) is 3.89. The molecule has 33 heavy (non-hydrogen) atoms. The third-order valence-corrected chi connectivity index (χ3v) is 6.30. The van der Waals surface area contributed by atoms with Crippen LogP contribution in [0.5, 0.6) is 0 Å². The fourth-order valence-electron chi connectivity index (χ4n) is 4.20. The topological polar surface area (TPSA) is 67.2 Å². The molecule has 0 atom stereocenters. The summed E-state index contributed by atoms with van der Waals surface area (Å²) >= 11 is 6.18. The number of amides is 1. The number of rotatable bonds is 7. The molecule has 4 rings (SSSR count). The van der Waals surface area contributed by atoms with Crippen LogP contribution in [-0.2, 0) is 37.4 Å². The van der Waals surface area contributed by atoms with Crippen molar-refractivity contribution in [1.29, 1.82) is 0 Å². The van der Waals surface area contributed by atoms with Crippen LogP contribution in [-0.4, -0.2) is 26.9 Å². The summed E-state index contributed by atoms with van der Waals surface area (Å²) in [5.74, 6) is 0.430. The molecule has 1 aliphatic rings. The number of nitrogens with zero attached hydrogens (tertiary/aromatic N) is 3. The van der Waals surface area contributed by atoms with Gasteiger partial charge in [-0.05, 0) is 23.6 Å². The Balaban J connectivity index is 1.52. The highest BCUT2D eigenvalue weighted by atomic mass is 35.5. The quantitative estimate of drug-likeness (QED) is 0.576. The molecule has 0 spiro atoms. The molecule has 0 aliphatic carbocycles. The molecule has 0 saturated carbocycles. The minimum Gasteiger partial charge on any atom is -0.350 e. The van der Waals surface area contributed by atoms with Crippen molar-refractivity contribution < 1.29 is 4.79 Å². The molecular weight excluding hydrogens is 436 g/mol. The molecule has 2 aromatic carbocycles. The van der Waals surface area contributed by atoms with E-state index in [2.05, 4.69) is 22.3 Å². The van der Waals surface area contributed by atoms with Crippen molar-refractivity contribution in [2.45, 2.75) is 52.4 Å². The van der Waals surface area contributed by atoms with Crippen LogP contribution in [0.2, 0.25) is 5.02 Å². The highest BCUT2D eigenvalue weighted by Crippen LogP contribution is 2.20. The maximum absolute atomic E-state index is 13.4. The van der Waals surface area contributed by atoms with Gasteiger partial charge < -0.3 is 5.32 Å². The number of fused-ring (bicyclic) bond motifs is 1. The van der Waals surface area contributed by atoms with E-state index in [1.165, 1.54) is 10.1 Å². The number of carbonyl (C=O) groups excluding carboxylic acids is 1. The van der Waals surface area contributed by atoms with Crippen molar-refractivity contribution in [3.05, 3.63) is 98.2 Å². The van der Waals surface area contributed by atoms with Crippen molar-refractivity contribution in [2.24, 2.45) is 0 Å². The monoisotopic (exact) mass is 464 g/mol. The van der Waals surface area contributed by atoms with Gasteiger partial charge in [-0.2, -0.15) is 0 Å². The van der Waals surface area contributed by atoms with Crippen LogP contribution < -0.4 is 10.9 Å². The summed E-state index contributed by atoms with van der Waals surface area (Å²) in [4.78, 5) is 33.3. The molecular formula is C26H29ClN4O2. The van der Waals surface area contributed by atoms with E-state index < -0.39 is 0 Å². The van der Waals surface area contributed by atoms with Crippen molar-refractivity contribution in [2.75, 3.05) is 6.54 Å². The number of halogens is 1. The Bertz CT molecular complexity index is 1190. The van der Waals surface area contributed by atoms with Gasteiger partial charge in [0.1, 0.15) is 12.4 Å². The SMILES string of the molecule is CC(C)c1nc2c(c(=O)n1CC(=O)NCc1ccccc1Cl)CCN(Cc1ccccc1)C2. The Hall–Kier alpha value is -2.96. The molecule has 1 aromatic heterocycles. The summed E-state index contributed by atoms with van der Waals surface area (Å²) in [7, 11) is 0. The van der Waals surface area contributed by atoms with E-state index in [0.29, 0.717) is 30.4 Å². The van der Waals surface area contributed by atoms with Gasteiger partial charge in [-0.1, -0.05) is 74.0 Å². The van der Waals surface area contributed by atoms with Crippen LogP contribution in [0.25, 0.3) is 0 Å². The summed E-state index contributed by atoms with van der Waals surface area (Å²) in [6.45, 7) is 6.51. The van der Waals surface area contributed by atoms with E-state index in [9.17, 15) is 9.59 Å². The summed E-state index contributed by atoms with van der Waals surface area (Å²) < 4.78 is 1.54. The molecule has 172 valence electrons. The summed E-state index contributed by atoms with van der Waals surface area (Å²) in [6, 6.07) is 17.7. The van der Waals surface area contributed by atoms with Crippen LogP contribution in [0.1, 0.15) is 48.0 Å². The number of hydrogen-bond donors (Lipinski definition) is 1. The van der Waals surface area contributed by atoms with Gasteiger partial charge in [0, 0.05) is 42.7 Å². The van der Waals surface area contributed by atoms with Crippen molar-refractivity contribution >= 4 is 17.5 Å². The van der Waals surface area contributed by atoms with E-state index in [1.54, 1.807) is 6.07 Å². The van der Waals surface area contributed by atoms with Crippen LogP contribution in [0.3, 0.4) is 0 Å². The van der Waals surface area contributed by atoms with Gasteiger partial charge in [-0.3, -0.25) is 19.1 Å². The van der Waals surface area contributed by atoms with Crippen LogP contribution in [0, 0.1) is 0 Å². The van der Waals surface area contributed by atoms with E-state index in [1.807, 2.05) is 50.2 Å². The first-order valence-corrected chi connectivity index (χ1v) is 11.7. The fourth-order valence-corrected chi connectivity index (χ4v) is 4.41. The lowest BCUT2D eigenvalue weighted by molar-refractivity contribution is -0.121. The lowest BCUT2D eigenvalue weighted by Crippen LogP contribution is -2.41. The molecule has 2 heterocycles. The summed E-state index contributed by atoms with van der Waals surface area (Å²) in [6.07, 6.45) is 0.633. The lowest BCUT2D eigenvalue weighted by atomic mass is 10.0. The average Bonchev–Trinajstić information content (AvgIpc) is 2.80. The Labute approximate surface area is 199 Å². The Morgan fingerprint density at radius 2 is 1.85 bits per heavy atom. The standard InChI is InChI=1S/C26H29ClN4O2/c1-18(2)25-29-23-16-30(15-19-8-4-3-5-9-19)13-12-21(23)26(33)31(25)17-24(32)28-14-20-10-6-7-11-22(20)27/h3-11,18H,12-17H2,1-2H3,(H,28,32). The van der Waals surface area contributed by atoms with Gasteiger partial charge in [-0.25, -0.2) is 4.98 Å². The number of carbonyl (C=O) groups is 1. The first-order valence-electron chi connectivity index (χ1n) is 11.3. The van der Waals surface area contributed by atoms with E-state index in [0.717, 1.165) is 29.9 Å². The number of benzene rings is 2. The predicted molar refractivity (Wildman–Crippen MR) is 130 cm³/mol.